The third kappa shape index (κ3) is 2.30. The molecule has 4 heteroatoms. The molecule has 0 fully saturated rings. The van der Waals surface area contributed by atoms with Crippen LogP contribution in [0.5, 0.6) is 5.75 Å². The Hall–Kier alpha value is -1.52. The van der Waals surface area contributed by atoms with Gasteiger partial charge in [-0.05, 0) is 29.5 Å². The Balaban J connectivity index is 2.15. The molecule has 0 amide bonds. The first-order chi connectivity index (χ1) is 9.72. The van der Waals surface area contributed by atoms with Crippen molar-refractivity contribution in [2.75, 3.05) is 13.4 Å². The predicted molar refractivity (Wildman–Crippen MR) is 86.0 cm³/mol. The van der Waals surface area contributed by atoms with Crippen LogP contribution in [0.15, 0.2) is 46.8 Å². The molecule has 0 atom stereocenters. The number of benzene rings is 1. The first-order valence-electron chi connectivity index (χ1n) is 6.35. The molecule has 20 heavy (non-hydrogen) atoms. The fourth-order valence-corrected chi connectivity index (χ4v) is 3.95. The summed E-state index contributed by atoms with van der Waals surface area (Å²) in [7, 11) is 1.69. The molecule has 0 radical (unpaired) electrons. The lowest BCUT2D eigenvalue weighted by molar-refractivity contribution is -0.558. The van der Waals surface area contributed by atoms with Crippen LogP contribution in [0.25, 0.3) is 16.0 Å². The summed E-state index contributed by atoms with van der Waals surface area (Å²) in [5, 5.41) is 3.47. The smallest absolute Gasteiger partial charge is 0.268 e. The highest BCUT2D eigenvalue weighted by molar-refractivity contribution is 7.98. The van der Waals surface area contributed by atoms with Crippen molar-refractivity contribution in [2.24, 2.45) is 0 Å². The minimum Gasteiger partial charge on any atom is -0.497 e. The second-order valence-corrected chi connectivity index (χ2v) is 6.28. The van der Waals surface area contributed by atoms with E-state index in [2.05, 4.69) is 47.2 Å². The van der Waals surface area contributed by atoms with E-state index < -0.39 is 0 Å². The van der Waals surface area contributed by atoms with Crippen LogP contribution in [0.3, 0.4) is 0 Å². The Morgan fingerprint density at radius 3 is 2.50 bits per heavy atom. The number of methoxy groups -OCH3 is 1. The lowest BCUT2D eigenvalue weighted by Gasteiger charge is -2.04. The van der Waals surface area contributed by atoms with Gasteiger partial charge in [0.1, 0.15) is 5.75 Å². The average Bonchev–Trinajstić information content (AvgIpc) is 2.88. The molecule has 2 aromatic heterocycles. The number of ether oxygens (including phenoxy) is 1. The molecule has 0 unspecified atom stereocenters. The van der Waals surface area contributed by atoms with Crippen molar-refractivity contribution in [1.29, 1.82) is 0 Å². The average molecular weight is 302 g/mol. The molecular formula is C16H16NOS2+. The van der Waals surface area contributed by atoms with Gasteiger partial charge in [-0.1, -0.05) is 35.2 Å². The Morgan fingerprint density at radius 1 is 1.10 bits per heavy atom. The van der Waals surface area contributed by atoms with Gasteiger partial charge in [0.15, 0.2) is 5.69 Å². The minimum absolute atomic E-state index is 0.890. The zero-order valence-electron chi connectivity index (χ0n) is 11.7. The van der Waals surface area contributed by atoms with Crippen LogP contribution in [0.1, 0.15) is 5.69 Å². The van der Waals surface area contributed by atoms with Gasteiger partial charge in [-0.15, -0.1) is 4.40 Å². The lowest BCUT2D eigenvalue weighted by atomic mass is 10.1. The molecule has 0 aliphatic heterocycles. The van der Waals surface area contributed by atoms with Gasteiger partial charge >= 0.3 is 0 Å². The topological polar surface area (TPSA) is 13.3 Å². The van der Waals surface area contributed by atoms with Gasteiger partial charge in [-0.25, -0.2) is 0 Å². The van der Waals surface area contributed by atoms with Crippen molar-refractivity contribution in [3.05, 3.63) is 47.5 Å². The van der Waals surface area contributed by atoms with Crippen molar-refractivity contribution in [2.45, 2.75) is 11.9 Å². The van der Waals surface area contributed by atoms with Gasteiger partial charge < -0.3 is 4.74 Å². The highest BCUT2D eigenvalue weighted by Crippen LogP contribution is 2.27. The molecule has 3 rings (SSSR count). The van der Waals surface area contributed by atoms with Crippen molar-refractivity contribution >= 4 is 27.9 Å². The van der Waals surface area contributed by atoms with Crippen LogP contribution in [-0.2, 0) is 0 Å². The van der Waals surface area contributed by atoms with E-state index in [-0.39, 0.29) is 0 Å². The van der Waals surface area contributed by atoms with E-state index in [1.807, 2.05) is 12.1 Å². The molecule has 0 N–H and O–H groups in total. The summed E-state index contributed by atoms with van der Waals surface area (Å²) in [5.74, 6) is 0.890. The number of hydrogen-bond acceptors (Lipinski definition) is 3. The van der Waals surface area contributed by atoms with Gasteiger partial charge in [-0.2, -0.15) is 0 Å². The second kappa shape index (κ2) is 5.46. The number of nitrogens with zero attached hydrogens (tertiary/aromatic N) is 1. The van der Waals surface area contributed by atoms with E-state index in [1.165, 1.54) is 26.7 Å². The molecular weight excluding hydrogens is 286 g/mol. The van der Waals surface area contributed by atoms with Crippen LogP contribution < -0.4 is 9.14 Å². The number of thiazole rings is 1. The normalized spacial score (nSPS) is 10.9. The monoisotopic (exact) mass is 302 g/mol. The molecule has 0 bridgehead atoms. The van der Waals surface area contributed by atoms with E-state index in [4.69, 9.17) is 4.74 Å². The minimum atomic E-state index is 0.890. The molecule has 0 aliphatic carbocycles. The molecule has 0 aliphatic rings. The van der Waals surface area contributed by atoms with E-state index in [1.54, 1.807) is 30.2 Å². The van der Waals surface area contributed by atoms with E-state index >= 15 is 0 Å². The molecule has 3 aromatic rings. The fraction of sp³-hybridized carbons (Fsp3) is 0.188. The Labute approximate surface area is 127 Å². The number of pyridine rings is 1. The number of aryl methyl sites for hydroxylation is 1. The maximum atomic E-state index is 5.22. The molecule has 0 saturated carbocycles. The Morgan fingerprint density at radius 2 is 1.85 bits per heavy atom. The number of thioether (sulfide) groups is 1. The van der Waals surface area contributed by atoms with Crippen LogP contribution in [0.4, 0.5) is 0 Å². The van der Waals surface area contributed by atoms with Crippen LogP contribution in [-0.4, -0.2) is 13.4 Å². The summed E-state index contributed by atoms with van der Waals surface area (Å²) in [5.41, 5.74) is 3.75. The predicted octanol–water partition coefficient (Wildman–Crippen LogP) is 4.19. The molecule has 0 spiro atoms. The van der Waals surface area contributed by atoms with Gasteiger partial charge in [-0.3, -0.25) is 0 Å². The maximum Gasteiger partial charge on any atom is 0.268 e. The van der Waals surface area contributed by atoms with Crippen molar-refractivity contribution < 1.29 is 9.14 Å². The highest BCUT2D eigenvalue weighted by Gasteiger charge is 2.17. The summed E-state index contributed by atoms with van der Waals surface area (Å²) in [6, 6.07) is 12.7. The zero-order chi connectivity index (χ0) is 14.1. The number of fused-ring (bicyclic) bond motifs is 1. The second-order valence-electron chi connectivity index (χ2n) is 4.57. The number of aromatic nitrogens is 1. The molecule has 102 valence electrons. The molecule has 0 saturated heterocycles. The third-order valence-electron chi connectivity index (χ3n) is 3.33. The summed E-state index contributed by atoms with van der Waals surface area (Å²) in [6.07, 6.45) is 2.12. The lowest BCUT2D eigenvalue weighted by Crippen LogP contribution is -2.25. The number of rotatable bonds is 3. The third-order valence-corrected chi connectivity index (χ3v) is 5.05. The van der Waals surface area contributed by atoms with Gasteiger partial charge in [0, 0.05) is 19.1 Å². The van der Waals surface area contributed by atoms with Crippen LogP contribution >= 0.6 is 23.1 Å². The molecule has 1 aromatic carbocycles. The summed E-state index contributed by atoms with van der Waals surface area (Å²) >= 11 is 3.56. The summed E-state index contributed by atoms with van der Waals surface area (Å²) < 4.78 is 7.53. The maximum absolute atomic E-state index is 5.22. The van der Waals surface area contributed by atoms with E-state index in [0.29, 0.717) is 0 Å². The quantitative estimate of drug-likeness (QED) is 0.531. The highest BCUT2D eigenvalue weighted by atomic mass is 32.2. The van der Waals surface area contributed by atoms with Crippen molar-refractivity contribution in [3.8, 4) is 16.9 Å². The molecule has 2 heterocycles. The summed E-state index contributed by atoms with van der Waals surface area (Å²) in [4.78, 5) is 1.28. The number of hydrogen-bond donors (Lipinski definition) is 0. The standard InChI is InChI=1S/C16H16NOS2/c1-11-10-20-16-9-13(8-15(19-3)17(11)16)12-4-6-14(18-2)7-5-12/h4-10H,1-3H3/q+1. The largest absolute Gasteiger partial charge is 0.497 e. The first kappa shape index (κ1) is 13.5. The SMILES string of the molecule is COc1ccc(-c2cc(SC)[n+]3c(C)csc3c2)cc1. The van der Waals surface area contributed by atoms with Gasteiger partial charge in [0.2, 0.25) is 5.03 Å². The van der Waals surface area contributed by atoms with Crippen LogP contribution in [0, 0.1) is 6.92 Å². The summed E-state index contributed by atoms with van der Waals surface area (Å²) in [6.45, 7) is 2.15. The van der Waals surface area contributed by atoms with Crippen molar-refractivity contribution in [1.82, 2.24) is 0 Å². The Bertz CT molecular complexity index is 747. The first-order valence-corrected chi connectivity index (χ1v) is 8.45. The molecule has 2 nitrogen and oxygen atoms in total. The van der Waals surface area contributed by atoms with Gasteiger partial charge in [0.25, 0.3) is 4.83 Å². The zero-order valence-corrected chi connectivity index (χ0v) is 13.3. The van der Waals surface area contributed by atoms with Gasteiger partial charge in [0.05, 0.1) is 12.5 Å². The fourth-order valence-electron chi connectivity index (χ4n) is 2.28. The van der Waals surface area contributed by atoms with Crippen LogP contribution in [0.2, 0.25) is 0 Å². The van der Waals surface area contributed by atoms with E-state index in [9.17, 15) is 0 Å². The van der Waals surface area contributed by atoms with E-state index in [0.717, 1.165) is 5.75 Å². The van der Waals surface area contributed by atoms with Crippen molar-refractivity contribution in [3.63, 3.8) is 0 Å². The Kier molecular flexibility index (Phi) is 3.68.